The lowest BCUT2D eigenvalue weighted by molar-refractivity contribution is 0.402. The first-order chi connectivity index (χ1) is 12.1. The molecule has 2 aromatic rings. The molecule has 0 saturated carbocycles. The number of fused-ring (bicyclic) bond motifs is 1. The Kier molecular flexibility index (Phi) is 7.64. The number of nitrogens with zero attached hydrogens (tertiary/aromatic N) is 3. The van der Waals surface area contributed by atoms with Gasteiger partial charge in [-0.3, -0.25) is 10.3 Å². The quantitative estimate of drug-likeness (QED) is 0.248. The van der Waals surface area contributed by atoms with Gasteiger partial charge in [-0.1, -0.05) is 12.1 Å². The van der Waals surface area contributed by atoms with Crippen LogP contribution in [0, 0.1) is 11.5 Å². The van der Waals surface area contributed by atoms with E-state index in [1.165, 1.54) is 5.56 Å². The number of nitrogens with one attached hydrogen (secondary N) is 2. The summed E-state index contributed by atoms with van der Waals surface area (Å²) >= 11 is 1.84. The third-order valence-electron chi connectivity index (χ3n) is 3.53. The van der Waals surface area contributed by atoms with E-state index in [1.807, 2.05) is 18.0 Å². The van der Waals surface area contributed by atoms with Crippen molar-refractivity contribution in [3.63, 3.8) is 0 Å². The number of hydrogen-bond acceptors (Lipinski definition) is 5. The van der Waals surface area contributed by atoms with Crippen LogP contribution in [-0.2, 0) is 12.3 Å². The number of guanidine groups is 1. The SMILES string of the molecule is CN=C(NC#N)NCCCSCc1cc2ccc(CN(C)C)cc2o1. The fraction of sp³-hybridized carbons (Fsp3) is 0.444. The molecule has 25 heavy (non-hydrogen) atoms. The summed E-state index contributed by atoms with van der Waals surface area (Å²) in [5, 5.41) is 15.3. The predicted octanol–water partition coefficient (Wildman–Crippen LogP) is 2.76. The van der Waals surface area contributed by atoms with E-state index in [9.17, 15) is 0 Å². The lowest BCUT2D eigenvalue weighted by Crippen LogP contribution is -2.35. The third kappa shape index (κ3) is 6.33. The molecule has 6 nitrogen and oxygen atoms in total. The van der Waals surface area contributed by atoms with Gasteiger partial charge in [0.25, 0.3) is 0 Å². The van der Waals surface area contributed by atoms with Crippen LogP contribution >= 0.6 is 11.8 Å². The zero-order chi connectivity index (χ0) is 18.1. The standard InChI is InChI=1S/C18H25N5OS/c1-20-18(22-13-19)21-7-4-8-25-12-16-10-15-6-5-14(11-23(2)3)9-17(15)24-16/h5-6,9-10H,4,7-8,11-12H2,1-3H3,(H2,20,21,22). The molecule has 0 spiro atoms. The van der Waals surface area contributed by atoms with Crippen LogP contribution in [0.2, 0.25) is 0 Å². The average molecular weight is 359 g/mol. The van der Waals surface area contributed by atoms with Gasteiger partial charge in [0.2, 0.25) is 5.96 Å². The van der Waals surface area contributed by atoms with Gasteiger partial charge in [0.05, 0.1) is 5.75 Å². The number of aliphatic imine (C=N–C) groups is 1. The predicted molar refractivity (Wildman–Crippen MR) is 104 cm³/mol. The van der Waals surface area contributed by atoms with E-state index in [1.54, 1.807) is 7.05 Å². The Morgan fingerprint density at radius 1 is 1.36 bits per heavy atom. The van der Waals surface area contributed by atoms with Crippen LogP contribution in [0.15, 0.2) is 33.7 Å². The van der Waals surface area contributed by atoms with Gasteiger partial charge in [-0.25, -0.2) is 0 Å². The van der Waals surface area contributed by atoms with Crippen LogP contribution in [0.3, 0.4) is 0 Å². The first kappa shape index (κ1) is 19.2. The number of hydrogen-bond donors (Lipinski definition) is 2. The second-order valence-electron chi connectivity index (χ2n) is 5.96. The molecule has 0 bridgehead atoms. The van der Waals surface area contributed by atoms with E-state index in [0.717, 1.165) is 47.7 Å². The zero-order valence-corrected chi connectivity index (χ0v) is 15.8. The summed E-state index contributed by atoms with van der Waals surface area (Å²) in [6, 6.07) is 8.53. The van der Waals surface area contributed by atoms with Crippen LogP contribution in [0.4, 0.5) is 0 Å². The van der Waals surface area contributed by atoms with Crippen LogP contribution in [0.1, 0.15) is 17.7 Å². The third-order valence-corrected chi connectivity index (χ3v) is 4.60. The van der Waals surface area contributed by atoms with Gasteiger partial charge < -0.3 is 14.6 Å². The van der Waals surface area contributed by atoms with Crippen molar-refractivity contribution in [1.82, 2.24) is 15.5 Å². The van der Waals surface area contributed by atoms with Crippen molar-refractivity contribution in [1.29, 1.82) is 5.26 Å². The summed E-state index contributed by atoms with van der Waals surface area (Å²) in [6.45, 7) is 1.69. The van der Waals surface area contributed by atoms with E-state index in [0.29, 0.717) is 5.96 Å². The van der Waals surface area contributed by atoms with Crippen LogP contribution in [0.25, 0.3) is 11.0 Å². The summed E-state index contributed by atoms with van der Waals surface area (Å²) in [4.78, 5) is 6.09. The minimum absolute atomic E-state index is 0.512. The summed E-state index contributed by atoms with van der Waals surface area (Å²) in [5.74, 6) is 3.40. The molecule has 0 saturated heterocycles. The Balaban J connectivity index is 1.75. The topological polar surface area (TPSA) is 76.6 Å². The number of rotatable bonds is 8. The largest absolute Gasteiger partial charge is 0.460 e. The fourth-order valence-electron chi connectivity index (χ4n) is 2.45. The maximum absolute atomic E-state index is 8.56. The van der Waals surface area contributed by atoms with Gasteiger partial charge >= 0.3 is 0 Å². The van der Waals surface area contributed by atoms with Crippen molar-refractivity contribution < 1.29 is 4.42 Å². The summed E-state index contributed by atoms with van der Waals surface area (Å²) in [6.07, 6.45) is 2.85. The van der Waals surface area contributed by atoms with Crippen molar-refractivity contribution >= 4 is 28.7 Å². The number of thioether (sulfide) groups is 1. The second kappa shape index (κ2) is 9.97. The molecule has 7 heteroatoms. The van der Waals surface area contributed by atoms with Gasteiger partial charge in [0.1, 0.15) is 11.3 Å². The Hall–Kier alpha value is -2.17. The monoisotopic (exact) mass is 359 g/mol. The van der Waals surface area contributed by atoms with Crippen molar-refractivity contribution in [3.05, 3.63) is 35.6 Å². The smallest absolute Gasteiger partial charge is 0.204 e. The average Bonchev–Trinajstić information content (AvgIpc) is 2.98. The molecule has 1 heterocycles. The van der Waals surface area contributed by atoms with Gasteiger partial charge in [-0.05, 0) is 44.0 Å². The molecule has 134 valence electrons. The van der Waals surface area contributed by atoms with Crippen LogP contribution in [-0.4, -0.2) is 44.3 Å². The van der Waals surface area contributed by atoms with E-state index in [-0.39, 0.29) is 0 Å². The highest BCUT2D eigenvalue weighted by molar-refractivity contribution is 7.98. The Bertz CT molecular complexity index is 747. The molecule has 0 aliphatic heterocycles. The highest BCUT2D eigenvalue weighted by Crippen LogP contribution is 2.24. The molecule has 0 fully saturated rings. The molecule has 0 atom stereocenters. The lowest BCUT2D eigenvalue weighted by atomic mass is 10.1. The van der Waals surface area contributed by atoms with Crippen LogP contribution < -0.4 is 10.6 Å². The Morgan fingerprint density at radius 3 is 2.92 bits per heavy atom. The molecule has 2 N–H and O–H groups in total. The minimum Gasteiger partial charge on any atom is -0.460 e. The Labute approximate surface area is 153 Å². The highest BCUT2D eigenvalue weighted by atomic mass is 32.2. The first-order valence-corrected chi connectivity index (χ1v) is 9.37. The van der Waals surface area contributed by atoms with Crippen molar-refractivity contribution in [3.8, 4) is 6.19 Å². The summed E-state index contributed by atoms with van der Waals surface area (Å²) in [5.41, 5.74) is 2.22. The van der Waals surface area contributed by atoms with Crippen molar-refractivity contribution in [2.45, 2.75) is 18.7 Å². The van der Waals surface area contributed by atoms with E-state index in [2.05, 4.69) is 58.9 Å². The van der Waals surface area contributed by atoms with Gasteiger partial charge in [-0.15, -0.1) is 0 Å². The van der Waals surface area contributed by atoms with Crippen molar-refractivity contribution in [2.75, 3.05) is 33.4 Å². The normalized spacial score (nSPS) is 11.7. The maximum atomic E-state index is 8.56. The van der Waals surface area contributed by atoms with E-state index < -0.39 is 0 Å². The molecule has 1 aromatic heterocycles. The summed E-state index contributed by atoms with van der Waals surface area (Å²) < 4.78 is 5.96. The molecule has 2 rings (SSSR count). The van der Waals surface area contributed by atoms with Gasteiger partial charge in [0.15, 0.2) is 6.19 Å². The second-order valence-corrected chi connectivity index (χ2v) is 7.07. The number of nitriles is 1. The number of furan rings is 1. The molecule has 0 amide bonds. The van der Waals surface area contributed by atoms with Crippen LogP contribution in [0.5, 0.6) is 0 Å². The lowest BCUT2D eigenvalue weighted by Gasteiger charge is -2.08. The Morgan fingerprint density at radius 2 is 2.20 bits per heavy atom. The molecular weight excluding hydrogens is 334 g/mol. The minimum atomic E-state index is 0.512. The maximum Gasteiger partial charge on any atom is 0.204 e. The number of benzene rings is 1. The molecule has 0 radical (unpaired) electrons. The molecule has 0 aliphatic rings. The fourth-order valence-corrected chi connectivity index (χ4v) is 3.29. The van der Waals surface area contributed by atoms with Crippen molar-refractivity contribution in [2.24, 2.45) is 4.99 Å². The first-order valence-electron chi connectivity index (χ1n) is 8.22. The van der Waals surface area contributed by atoms with Gasteiger partial charge in [0, 0.05) is 25.5 Å². The summed E-state index contributed by atoms with van der Waals surface area (Å²) in [7, 11) is 5.77. The van der Waals surface area contributed by atoms with Gasteiger partial charge in [-0.2, -0.15) is 17.0 Å². The molecule has 1 aromatic carbocycles. The zero-order valence-electron chi connectivity index (χ0n) is 15.0. The molecular formula is C18H25N5OS. The van der Waals surface area contributed by atoms with E-state index >= 15 is 0 Å². The highest BCUT2D eigenvalue weighted by Gasteiger charge is 2.06. The van der Waals surface area contributed by atoms with E-state index in [4.69, 9.17) is 9.68 Å². The molecule has 0 unspecified atom stereocenters. The molecule has 0 aliphatic carbocycles.